The van der Waals surface area contributed by atoms with Crippen LogP contribution in [0.5, 0.6) is 0 Å². The van der Waals surface area contributed by atoms with Crippen molar-refractivity contribution < 1.29 is 29.0 Å². The Morgan fingerprint density at radius 1 is 1.13 bits per heavy atom. The third-order valence-corrected chi connectivity index (χ3v) is 8.35. The predicted octanol–water partition coefficient (Wildman–Crippen LogP) is 4.02. The van der Waals surface area contributed by atoms with Crippen molar-refractivity contribution in [1.29, 1.82) is 0 Å². The summed E-state index contributed by atoms with van der Waals surface area (Å²) < 4.78 is 12.1. The normalized spacial score (nSPS) is 27.4. The van der Waals surface area contributed by atoms with Gasteiger partial charge in [0.2, 0.25) is 11.8 Å². The first-order valence-corrected chi connectivity index (χ1v) is 14.7. The van der Waals surface area contributed by atoms with Crippen molar-refractivity contribution in [3.63, 3.8) is 0 Å². The number of likely N-dealkylation sites (tertiary alicyclic amines) is 1. The summed E-state index contributed by atoms with van der Waals surface area (Å²) in [5, 5.41) is 9.11. The van der Waals surface area contributed by atoms with Crippen LogP contribution in [0, 0.1) is 11.8 Å². The van der Waals surface area contributed by atoms with E-state index >= 15 is 0 Å². The van der Waals surface area contributed by atoms with Crippen LogP contribution in [0.2, 0.25) is 0 Å². The Balaban J connectivity index is 1.83. The van der Waals surface area contributed by atoms with Crippen LogP contribution in [0.1, 0.15) is 84.0 Å². The highest BCUT2D eigenvalue weighted by Crippen LogP contribution is 2.58. The fraction of sp³-hybridized carbons (Fsp3) is 0.767. The second kappa shape index (κ2) is 14.8. The lowest BCUT2D eigenvalue weighted by Crippen LogP contribution is -2.56. The molecule has 0 aromatic rings. The van der Waals surface area contributed by atoms with Crippen molar-refractivity contribution in [2.24, 2.45) is 11.8 Å². The first kappa shape index (κ1) is 30.4. The van der Waals surface area contributed by atoms with Gasteiger partial charge in [0.15, 0.2) is 0 Å². The van der Waals surface area contributed by atoms with Gasteiger partial charge in [-0.1, -0.05) is 44.8 Å². The number of amides is 2. The molecule has 3 heterocycles. The van der Waals surface area contributed by atoms with Gasteiger partial charge in [0.1, 0.15) is 11.6 Å². The molecule has 3 rings (SSSR count). The summed E-state index contributed by atoms with van der Waals surface area (Å²) in [5.74, 6) is -2.00. The van der Waals surface area contributed by atoms with E-state index < -0.39 is 23.5 Å². The number of fused-ring (bicyclic) bond motifs is 1. The molecule has 2 unspecified atom stereocenters. The van der Waals surface area contributed by atoms with Crippen LogP contribution in [0.4, 0.5) is 0 Å². The highest BCUT2D eigenvalue weighted by Gasteiger charge is 2.74. The Morgan fingerprint density at radius 3 is 2.63 bits per heavy atom. The van der Waals surface area contributed by atoms with Crippen LogP contribution in [0.3, 0.4) is 0 Å². The number of hydrogen-bond acceptors (Lipinski definition) is 6. The standard InChI is InChI=1S/C30H48N2O6/c1-4-7-9-15-22-37-29(36)24-23-16-17-30(38-23)25(24)27(34)32(20-13-10-11-14-21-33)26(30)28(35)31(18-6-3)19-12-8-5-2/h4,6,23-26,33H,1,3,5,7-22H2,2H3/t23-,24+,25-,26?,30?/m0/s1. The van der Waals surface area contributed by atoms with Crippen LogP contribution < -0.4 is 0 Å². The third-order valence-electron chi connectivity index (χ3n) is 8.35. The fourth-order valence-corrected chi connectivity index (χ4v) is 6.52. The SMILES string of the molecule is C=CCCCCOC(=O)[C@@H]1[C@@H]2CCC3(O2)C(C(=O)N(CC=C)CCCCC)N(CCCCCCO)C(=O)[C@H]13. The molecule has 0 aromatic heterocycles. The number of allylic oxidation sites excluding steroid dienone is 1. The lowest BCUT2D eigenvalue weighted by molar-refractivity contribution is -0.155. The monoisotopic (exact) mass is 532 g/mol. The van der Waals surface area contributed by atoms with Gasteiger partial charge in [-0.15, -0.1) is 13.2 Å². The smallest absolute Gasteiger partial charge is 0.312 e. The minimum atomic E-state index is -0.985. The summed E-state index contributed by atoms with van der Waals surface area (Å²) in [7, 11) is 0. The number of carbonyl (C=O) groups is 3. The zero-order chi connectivity index (χ0) is 27.5. The first-order chi connectivity index (χ1) is 18.5. The molecule has 3 fully saturated rings. The number of ether oxygens (including phenoxy) is 2. The van der Waals surface area contributed by atoms with E-state index in [1.165, 1.54) is 0 Å². The van der Waals surface area contributed by atoms with Gasteiger partial charge in [-0.3, -0.25) is 14.4 Å². The van der Waals surface area contributed by atoms with Crippen molar-refractivity contribution in [3.05, 3.63) is 25.3 Å². The van der Waals surface area contributed by atoms with Crippen molar-refractivity contribution in [1.82, 2.24) is 9.80 Å². The molecule has 8 nitrogen and oxygen atoms in total. The van der Waals surface area contributed by atoms with E-state index in [1.807, 2.05) is 6.08 Å². The van der Waals surface area contributed by atoms with Gasteiger partial charge in [0.25, 0.3) is 0 Å². The summed E-state index contributed by atoms with van der Waals surface area (Å²) in [4.78, 5) is 44.9. The molecule has 2 bridgehead atoms. The highest BCUT2D eigenvalue weighted by atomic mass is 16.6. The summed E-state index contributed by atoms with van der Waals surface area (Å²) >= 11 is 0. The molecule has 38 heavy (non-hydrogen) atoms. The lowest BCUT2D eigenvalue weighted by atomic mass is 9.70. The number of rotatable bonds is 19. The zero-order valence-corrected chi connectivity index (χ0v) is 23.3. The van der Waals surface area contributed by atoms with E-state index in [4.69, 9.17) is 14.6 Å². The van der Waals surface area contributed by atoms with Gasteiger partial charge >= 0.3 is 5.97 Å². The minimum absolute atomic E-state index is 0.105. The molecule has 0 radical (unpaired) electrons. The molecule has 1 spiro atoms. The molecule has 3 aliphatic heterocycles. The first-order valence-electron chi connectivity index (χ1n) is 14.7. The average Bonchev–Trinajstić information content (AvgIpc) is 3.55. The quantitative estimate of drug-likeness (QED) is 0.153. The topological polar surface area (TPSA) is 96.4 Å². The third kappa shape index (κ3) is 6.50. The van der Waals surface area contributed by atoms with Crippen molar-refractivity contribution in [2.45, 2.75) is 102 Å². The zero-order valence-electron chi connectivity index (χ0n) is 23.3. The predicted molar refractivity (Wildman–Crippen MR) is 146 cm³/mol. The van der Waals surface area contributed by atoms with Gasteiger partial charge in [-0.25, -0.2) is 0 Å². The molecule has 3 aliphatic rings. The Labute approximate surface area is 228 Å². The lowest BCUT2D eigenvalue weighted by Gasteiger charge is -2.37. The molecule has 0 saturated carbocycles. The van der Waals surface area contributed by atoms with Gasteiger partial charge in [-0.05, 0) is 51.4 Å². The minimum Gasteiger partial charge on any atom is -0.465 e. The van der Waals surface area contributed by atoms with Crippen molar-refractivity contribution >= 4 is 17.8 Å². The second-order valence-corrected chi connectivity index (χ2v) is 11.0. The van der Waals surface area contributed by atoms with Gasteiger partial charge in [0.05, 0.1) is 24.5 Å². The number of nitrogens with zero attached hydrogens (tertiary/aromatic N) is 2. The van der Waals surface area contributed by atoms with E-state index in [1.54, 1.807) is 15.9 Å². The molecule has 0 aliphatic carbocycles. The highest BCUT2D eigenvalue weighted by molar-refractivity contribution is 5.98. The maximum absolute atomic E-state index is 14.1. The maximum Gasteiger partial charge on any atom is 0.312 e. The van der Waals surface area contributed by atoms with Gasteiger partial charge in [0, 0.05) is 26.2 Å². The Hall–Kier alpha value is -2.19. The molecule has 214 valence electrons. The number of carbonyl (C=O) groups excluding carboxylic acids is 3. The van der Waals surface area contributed by atoms with E-state index in [2.05, 4.69) is 20.1 Å². The van der Waals surface area contributed by atoms with E-state index in [0.29, 0.717) is 39.1 Å². The number of hydrogen-bond donors (Lipinski definition) is 1. The van der Waals surface area contributed by atoms with Crippen LogP contribution >= 0.6 is 0 Å². The summed E-state index contributed by atoms with van der Waals surface area (Å²) in [5.41, 5.74) is -0.985. The molecule has 1 N–H and O–H groups in total. The van der Waals surface area contributed by atoms with E-state index in [0.717, 1.165) is 64.2 Å². The molecule has 2 amide bonds. The molecule has 0 aromatic carbocycles. The Kier molecular flexibility index (Phi) is 11.8. The second-order valence-electron chi connectivity index (χ2n) is 11.0. The number of esters is 1. The Bertz CT molecular complexity index is 832. The van der Waals surface area contributed by atoms with Crippen LogP contribution in [0.15, 0.2) is 25.3 Å². The van der Waals surface area contributed by atoms with Gasteiger partial charge in [-0.2, -0.15) is 0 Å². The molecule has 3 saturated heterocycles. The molecule has 8 heteroatoms. The number of unbranched alkanes of at least 4 members (excludes halogenated alkanes) is 7. The van der Waals surface area contributed by atoms with Crippen LogP contribution in [-0.4, -0.2) is 83.3 Å². The summed E-state index contributed by atoms with van der Waals surface area (Å²) in [6.07, 6.45) is 13.1. The molecule has 5 atom stereocenters. The number of aliphatic hydroxyl groups is 1. The van der Waals surface area contributed by atoms with Gasteiger partial charge < -0.3 is 24.4 Å². The fourth-order valence-electron chi connectivity index (χ4n) is 6.52. The maximum atomic E-state index is 14.1. The molecular weight excluding hydrogens is 484 g/mol. The largest absolute Gasteiger partial charge is 0.465 e. The van der Waals surface area contributed by atoms with Crippen molar-refractivity contribution in [2.75, 3.05) is 32.8 Å². The average molecular weight is 533 g/mol. The van der Waals surface area contributed by atoms with Crippen molar-refractivity contribution in [3.8, 4) is 0 Å². The number of aliphatic hydroxyl groups excluding tert-OH is 1. The van der Waals surface area contributed by atoms with E-state index in [-0.39, 0.29) is 30.5 Å². The van der Waals surface area contributed by atoms with Crippen LogP contribution in [-0.2, 0) is 23.9 Å². The van der Waals surface area contributed by atoms with Crippen LogP contribution in [0.25, 0.3) is 0 Å². The Morgan fingerprint density at radius 2 is 1.92 bits per heavy atom. The summed E-state index contributed by atoms with van der Waals surface area (Å²) in [6, 6.07) is -0.741. The van der Waals surface area contributed by atoms with E-state index in [9.17, 15) is 14.4 Å². The molecular formula is C30H48N2O6. The summed E-state index contributed by atoms with van der Waals surface area (Å²) in [6.45, 7) is 11.6.